The molecule has 0 spiro atoms. The summed E-state index contributed by atoms with van der Waals surface area (Å²) >= 11 is 0. The van der Waals surface area contributed by atoms with Gasteiger partial charge in [-0.15, -0.1) is 0 Å². The Labute approximate surface area is 114 Å². The van der Waals surface area contributed by atoms with Crippen LogP contribution in [0.2, 0.25) is 0 Å². The monoisotopic (exact) mass is 260 g/mol. The molecule has 3 heteroatoms. The summed E-state index contributed by atoms with van der Waals surface area (Å²) in [7, 11) is 3.34. The van der Waals surface area contributed by atoms with Gasteiger partial charge in [0, 0.05) is 12.0 Å². The number of carbonyl (C=O) groups is 1. The molecular formula is C16H20O3. The largest absolute Gasteiger partial charge is 0.496 e. The summed E-state index contributed by atoms with van der Waals surface area (Å²) in [5.41, 5.74) is 2.88. The number of carbonyl (C=O) groups excluding carboxylic acids is 1. The van der Waals surface area contributed by atoms with Crippen molar-refractivity contribution in [2.45, 2.75) is 32.1 Å². The highest BCUT2D eigenvalue weighted by Gasteiger charge is 2.26. The van der Waals surface area contributed by atoms with Crippen molar-refractivity contribution in [3.63, 3.8) is 0 Å². The molecule has 1 unspecified atom stereocenters. The number of hydrogen-bond donors (Lipinski definition) is 0. The average molecular weight is 260 g/mol. The fourth-order valence-corrected chi connectivity index (χ4v) is 2.65. The molecule has 0 aromatic heterocycles. The van der Waals surface area contributed by atoms with E-state index < -0.39 is 0 Å². The van der Waals surface area contributed by atoms with E-state index in [1.807, 2.05) is 19.1 Å². The van der Waals surface area contributed by atoms with Gasteiger partial charge in [-0.05, 0) is 49.0 Å². The summed E-state index contributed by atoms with van der Waals surface area (Å²) in [5, 5.41) is 0. The van der Waals surface area contributed by atoms with E-state index in [9.17, 15) is 4.79 Å². The minimum atomic E-state index is 0.189. The lowest BCUT2D eigenvalue weighted by Gasteiger charge is -2.25. The highest BCUT2D eigenvalue weighted by atomic mass is 16.5. The van der Waals surface area contributed by atoms with Crippen LogP contribution in [0, 0.1) is 6.92 Å². The molecule has 0 N–H and O–H groups in total. The highest BCUT2D eigenvalue weighted by Crippen LogP contribution is 2.40. The lowest BCUT2D eigenvalue weighted by Crippen LogP contribution is -2.15. The summed E-state index contributed by atoms with van der Waals surface area (Å²) < 4.78 is 10.8. The third kappa shape index (κ3) is 2.65. The normalized spacial score (nSPS) is 19.4. The topological polar surface area (TPSA) is 35.5 Å². The van der Waals surface area contributed by atoms with Gasteiger partial charge in [0.05, 0.1) is 14.2 Å². The second kappa shape index (κ2) is 5.47. The van der Waals surface area contributed by atoms with E-state index in [0.29, 0.717) is 12.8 Å². The quantitative estimate of drug-likeness (QED) is 0.781. The molecular weight excluding hydrogens is 240 g/mol. The number of aryl methyl sites for hydroxylation is 1. The first-order valence-electron chi connectivity index (χ1n) is 6.50. The molecule has 1 aromatic rings. The Morgan fingerprint density at radius 2 is 1.89 bits per heavy atom. The van der Waals surface area contributed by atoms with Crippen molar-refractivity contribution in [3.05, 3.63) is 35.4 Å². The number of ether oxygens (including phenoxy) is 2. The maximum atomic E-state index is 11.5. The number of allylic oxidation sites excluding steroid dienone is 1. The lowest BCUT2D eigenvalue weighted by atomic mass is 9.80. The number of methoxy groups -OCH3 is 2. The smallest absolute Gasteiger partial charge is 0.158 e. The molecule has 0 amide bonds. The fraction of sp³-hybridized carbons (Fsp3) is 0.438. The predicted molar refractivity (Wildman–Crippen MR) is 75.0 cm³/mol. The standard InChI is InChI=1S/C16H20O3/c1-10-7-12(5-6-14(10)17)13-9-15(18-3)11(2)8-16(13)19-4/h8-9,12H,1,5-7H2,2-4H3. The van der Waals surface area contributed by atoms with Crippen LogP contribution in [0.25, 0.3) is 0 Å². The van der Waals surface area contributed by atoms with Crippen molar-refractivity contribution < 1.29 is 14.3 Å². The van der Waals surface area contributed by atoms with Gasteiger partial charge in [-0.25, -0.2) is 0 Å². The summed E-state index contributed by atoms with van der Waals surface area (Å²) in [6, 6.07) is 4.02. The van der Waals surface area contributed by atoms with Gasteiger partial charge in [-0.3, -0.25) is 4.79 Å². The molecule has 102 valence electrons. The zero-order valence-corrected chi connectivity index (χ0v) is 11.8. The van der Waals surface area contributed by atoms with E-state index >= 15 is 0 Å². The van der Waals surface area contributed by atoms with Crippen LogP contribution >= 0.6 is 0 Å². The van der Waals surface area contributed by atoms with E-state index in [0.717, 1.165) is 34.6 Å². The third-order valence-electron chi connectivity index (χ3n) is 3.79. The molecule has 1 aliphatic carbocycles. The van der Waals surface area contributed by atoms with Crippen LogP contribution in [0.3, 0.4) is 0 Å². The molecule has 0 aliphatic heterocycles. The number of ketones is 1. The molecule has 1 atom stereocenters. The van der Waals surface area contributed by atoms with Crippen molar-refractivity contribution >= 4 is 5.78 Å². The minimum Gasteiger partial charge on any atom is -0.496 e. The first kappa shape index (κ1) is 13.7. The summed E-state index contributed by atoms with van der Waals surface area (Å²) in [5.74, 6) is 2.20. The first-order valence-corrected chi connectivity index (χ1v) is 6.50. The molecule has 1 fully saturated rings. The zero-order chi connectivity index (χ0) is 14.0. The van der Waals surface area contributed by atoms with Gasteiger partial charge in [-0.2, -0.15) is 0 Å². The second-order valence-corrected chi connectivity index (χ2v) is 5.03. The summed E-state index contributed by atoms with van der Waals surface area (Å²) in [6.45, 7) is 5.86. The second-order valence-electron chi connectivity index (χ2n) is 5.03. The van der Waals surface area contributed by atoms with E-state index in [4.69, 9.17) is 9.47 Å². The molecule has 0 radical (unpaired) electrons. The van der Waals surface area contributed by atoms with Gasteiger partial charge in [0.1, 0.15) is 11.5 Å². The highest BCUT2D eigenvalue weighted by molar-refractivity contribution is 5.95. The van der Waals surface area contributed by atoms with Crippen LogP contribution in [0.4, 0.5) is 0 Å². The van der Waals surface area contributed by atoms with Gasteiger partial charge in [-0.1, -0.05) is 6.58 Å². The summed E-state index contributed by atoms with van der Waals surface area (Å²) in [6.07, 6.45) is 2.13. The van der Waals surface area contributed by atoms with Crippen LogP contribution in [-0.4, -0.2) is 20.0 Å². The van der Waals surface area contributed by atoms with Gasteiger partial charge in [0.25, 0.3) is 0 Å². The number of hydrogen-bond acceptors (Lipinski definition) is 3. The fourth-order valence-electron chi connectivity index (χ4n) is 2.65. The minimum absolute atomic E-state index is 0.189. The Kier molecular flexibility index (Phi) is 3.93. The maximum absolute atomic E-state index is 11.5. The van der Waals surface area contributed by atoms with E-state index in [1.54, 1.807) is 14.2 Å². The van der Waals surface area contributed by atoms with Gasteiger partial charge < -0.3 is 9.47 Å². The van der Waals surface area contributed by atoms with Crippen molar-refractivity contribution in [3.8, 4) is 11.5 Å². The Bertz CT molecular complexity index is 517. The maximum Gasteiger partial charge on any atom is 0.158 e. The molecule has 0 bridgehead atoms. The first-order chi connectivity index (χ1) is 9.06. The van der Waals surface area contributed by atoms with Gasteiger partial charge >= 0.3 is 0 Å². The zero-order valence-electron chi connectivity index (χ0n) is 11.8. The van der Waals surface area contributed by atoms with Gasteiger partial charge in [0.15, 0.2) is 5.78 Å². The van der Waals surface area contributed by atoms with Crippen LogP contribution in [0.1, 0.15) is 36.3 Å². The van der Waals surface area contributed by atoms with E-state index in [1.165, 1.54) is 0 Å². The van der Waals surface area contributed by atoms with Crippen LogP contribution in [-0.2, 0) is 4.79 Å². The van der Waals surface area contributed by atoms with Crippen LogP contribution < -0.4 is 9.47 Å². The molecule has 1 saturated carbocycles. The molecule has 1 aliphatic rings. The van der Waals surface area contributed by atoms with Crippen molar-refractivity contribution in [2.75, 3.05) is 14.2 Å². The Balaban J connectivity index is 2.38. The van der Waals surface area contributed by atoms with Crippen LogP contribution in [0.5, 0.6) is 11.5 Å². The Morgan fingerprint density at radius 3 is 2.47 bits per heavy atom. The molecule has 3 nitrogen and oxygen atoms in total. The molecule has 2 rings (SSSR count). The average Bonchev–Trinajstić information content (AvgIpc) is 2.41. The van der Waals surface area contributed by atoms with Gasteiger partial charge in [0.2, 0.25) is 0 Å². The molecule has 1 aromatic carbocycles. The van der Waals surface area contributed by atoms with Crippen molar-refractivity contribution in [1.29, 1.82) is 0 Å². The lowest BCUT2D eigenvalue weighted by molar-refractivity contribution is -0.116. The van der Waals surface area contributed by atoms with E-state index in [2.05, 4.69) is 6.58 Å². The van der Waals surface area contributed by atoms with E-state index in [-0.39, 0.29) is 11.7 Å². The van der Waals surface area contributed by atoms with Crippen LogP contribution in [0.15, 0.2) is 24.3 Å². The Hall–Kier alpha value is -1.77. The van der Waals surface area contributed by atoms with Crippen molar-refractivity contribution in [2.24, 2.45) is 0 Å². The molecule has 0 saturated heterocycles. The molecule has 0 heterocycles. The molecule has 19 heavy (non-hydrogen) atoms. The van der Waals surface area contributed by atoms with Crippen molar-refractivity contribution in [1.82, 2.24) is 0 Å². The third-order valence-corrected chi connectivity index (χ3v) is 3.79. The Morgan fingerprint density at radius 1 is 1.21 bits per heavy atom. The number of benzene rings is 1. The predicted octanol–water partition coefficient (Wildman–Crippen LogP) is 3.41. The summed E-state index contributed by atoms with van der Waals surface area (Å²) in [4.78, 5) is 11.5. The SMILES string of the molecule is C=C1CC(c2cc(OC)c(C)cc2OC)CCC1=O. The number of rotatable bonds is 3. The number of Topliss-reactive ketones (excluding diaryl/α,β-unsaturated/α-hetero) is 1.